The Labute approximate surface area is 131 Å². The van der Waals surface area contributed by atoms with Gasteiger partial charge in [-0.2, -0.15) is 0 Å². The lowest BCUT2D eigenvalue weighted by atomic mass is 10.1. The van der Waals surface area contributed by atoms with E-state index in [1.165, 1.54) is 6.07 Å². The Morgan fingerprint density at radius 1 is 1.05 bits per heavy atom. The number of hydrogen-bond acceptors (Lipinski definition) is 3. The molecule has 3 aromatic rings. The van der Waals surface area contributed by atoms with Crippen LogP contribution in [0.3, 0.4) is 0 Å². The fourth-order valence-corrected chi connectivity index (χ4v) is 2.38. The van der Waals surface area contributed by atoms with E-state index < -0.39 is 4.92 Å². The van der Waals surface area contributed by atoms with Gasteiger partial charge in [-0.15, -0.1) is 0 Å². The molecule has 0 saturated carbocycles. The fraction of sp³-hybridized carbons (Fsp3) is 0. The Morgan fingerprint density at radius 2 is 1.86 bits per heavy atom. The SMILES string of the molecule is O=[N+]([O-])c1cccc2ccc(/C=C/c3cccc(Cl)c3)nc12. The molecule has 0 radical (unpaired) electrons. The molecule has 1 heterocycles. The summed E-state index contributed by atoms with van der Waals surface area (Å²) in [6.07, 6.45) is 3.68. The van der Waals surface area contributed by atoms with Crippen molar-refractivity contribution in [1.29, 1.82) is 0 Å². The summed E-state index contributed by atoms with van der Waals surface area (Å²) in [6, 6.07) is 16.0. The summed E-state index contributed by atoms with van der Waals surface area (Å²) in [6.45, 7) is 0. The zero-order valence-corrected chi connectivity index (χ0v) is 12.2. The maximum Gasteiger partial charge on any atom is 0.295 e. The van der Waals surface area contributed by atoms with Crippen LogP contribution in [0, 0.1) is 10.1 Å². The quantitative estimate of drug-likeness (QED) is 0.507. The number of fused-ring (bicyclic) bond motifs is 1. The molecule has 0 bridgehead atoms. The number of nitro groups is 1. The third kappa shape index (κ3) is 2.97. The Morgan fingerprint density at radius 3 is 2.64 bits per heavy atom. The molecular formula is C17H11ClN2O2. The molecule has 0 aliphatic carbocycles. The van der Waals surface area contributed by atoms with E-state index in [4.69, 9.17) is 11.6 Å². The molecule has 0 unspecified atom stereocenters. The molecule has 3 rings (SSSR count). The first kappa shape index (κ1) is 14.2. The van der Waals surface area contributed by atoms with Crippen molar-refractivity contribution in [3.05, 3.63) is 81.0 Å². The van der Waals surface area contributed by atoms with Crippen LogP contribution in [0.15, 0.2) is 54.6 Å². The molecule has 108 valence electrons. The van der Waals surface area contributed by atoms with Crippen LogP contribution in [0.4, 0.5) is 5.69 Å². The Bertz CT molecular complexity index is 891. The number of hydrogen-bond donors (Lipinski definition) is 0. The number of nitrogens with zero attached hydrogens (tertiary/aromatic N) is 2. The predicted octanol–water partition coefficient (Wildman–Crippen LogP) is 4.97. The third-order valence-corrected chi connectivity index (χ3v) is 3.45. The summed E-state index contributed by atoms with van der Waals surface area (Å²) in [5, 5.41) is 12.5. The normalized spacial score (nSPS) is 11.1. The van der Waals surface area contributed by atoms with Crippen LogP contribution in [0.1, 0.15) is 11.3 Å². The number of aromatic nitrogens is 1. The highest BCUT2D eigenvalue weighted by atomic mass is 35.5. The van der Waals surface area contributed by atoms with Crippen molar-refractivity contribution in [2.45, 2.75) is 0 Å². The van der Waals surface area contributed by atoms with E-state index in [0.29, 0.717) is 16.2 Å². The average molecular weight is 311 g/mol. The molecule has 0 atom stereocenters. The lowest BCUT2D eigenvalue weighted by Crippen LogP contribution is -1.92. The molecule has 0 aliphatic rings. The van der Waals surface area contributed by atoms with E-state index in [1.807, 2.05) is 42.5 Å². The molecule has 1 aromatic heterocycles. The first-order valence-corrected chi connectivity index (χ1v) is 6.99. The summed E-state index contributed by atoms with van der Waals surface area (Å²) in [5.41, 5.74) is 2.00. The topological polar surface area (TPSA) is 56.0 Å². The summed E-state index contributed by atoms with van der Waals surface area (Å²) in [7, 11) is 0. The minimum Gasteiger partial charge on any atom is -0.258 e. The predicted molar refractivity (Wildman–Crippen MR) is 88.8 cm³/mol. The van der Waals surface area contributed by atoms with Crippen LogP contribution < -0.4 is 0 Å². The molecule has 0 aliphatic heterocycles. The molecule has 0 saturated heterocycles. The van der Waals surface area contributed by atoms with Gasteiger partial charge in [0.1, 0.15) is 5.52 Å². The summed E-state index contributed by atoms with van der Waals surface area (Å²) < 4.78 is 0. The molecule has 2 aromatic carbocycles. The molecule has 0 fully saturated rings. The first-order valence-electron chi connectivity index (χ1n) is 6.61. The summed E-state index contributed by atoms with van der Waals surface area (Å²) in [4.78, 5) is 15.0. The van der Waals surface area contributed by atoms with Gasteiger partial charge < -0.3 is 0 Å². The fourth-order valence-electron chi connectivity index (χ4n) is 2.18. The van der Waals surface area contributed by atoms with E-state index in [1.54, 1.807) is 18.2 Å². The van der Waals surface area contributed by atoms with E-state index >= 15 is 0 Å². The molecular weight excluding hydrogens is 300 g/mol. The Kier molecular flexibility index (Phi) is 3.85. The molecule has 0 N–H and O–H groups in total. The van der Waals surface area contributed by atoms with Crippen LogP contribution in [0.5, 0.6) is 0 Å². The van der Waals surface area contributed by atoms with Crippen molar-refractivity contribution < 1.29 is 4.92 Å². The van der Waals surface area contributed by atoms with Crippen LogP contribution in [-0.4, -0.2) is 9.91 Å². The second-order valence-electron chi connectivity index (χ2n) is 4.73. The Hall–Kier alpha value is -2.72. The van der Waals surface area contributed by atoms with Crippen molar-refractivity contribution in [3.63, 3.8) is 0 Å². The summed E-state index contributed by atoms with van der Waals surface area (Å²) in [5.74, 6) is 0. The lowest BCUT2D eigenvalue weighted by molar-refractivity contribution is -0.383. The second-order valence-corrected chi connectivity index (χ2v) is 5.17. The highest BCUT2D eigenvalue weighted by molar-refractivity contribution is 6.30. The van der Waals surface area contributed by atoms with Crippen molar-refractivity contribution >= 4 is 40.3 Å². The zero-order chi connectivity index (χ0) is 15.5. The second kappa shape index (κ2) is 5.95. The third-order valence-electron chi connectivity index (χ3n) is 3.21. The largest absolute Gasteiger partial charge is 0.295 e. The van der Waals surface area contributed by atoms with Crippen LogP contribution >= 0.6 is 11.6 Å². The van der Waals surface area contributed by atoms with Gasteiger partial charge in [-0.25, -0.2) is 4.98 Å². The smallest absolute Gasteiger partial charge is 0.258 e. The Balaban J connectivity index is 2.01. The van der Waals surface area contributed by atoms with Crippen molar-refractivity contribution in [1.82, 2.24) is 4.98 Å². The molecule has 4 nitrogen and oxygen atoms in total. The highest BCUT2D eigenvalue weighted by Crippen LogP contribution is 2.24. The van der Waals surface area contributed by atoms with Gasteiger partial charge in [0.15, 0.2) is 0 Å². The number of para-hydroxylation sites is 1. The average Bonchev–Trinajstić information content (AvgIpc) is 2.52. The zero-order valence-electron chi connectivity index (χ0n) is 11.4. The molecule has 22 heavy (non-hydrogen) atoms. The first-order chi connectivity index (χ1) is 10.6. The number of halogens is 1. The van der Waals surface area contributed by atoms with Crippen molar-refractivity contribution in [2.24, 2.45) is 0 Å². The number of benzene rings is 2. The van der Waals surface area contributed by atoms with Crippen LogP contribution in [0.25, 0.3) is 23.1 Å². The molecule has 5 heteroatoms. The van der Waals surface area contributed by atoms with E-state index in [-0.39, 0.29) is 5.69 Å². The van der Waals surface area contributed by atoms with Crippen LogP contribution in [-0.2, 0) is 0 Å². The molecule has 0 spiro atoms. The minimum absolute atomic E-state index is 0.00973. The highest BCUT2D eigenvalue weighted by Gasteiger charge is 2.12. The van der Waals surface area contributed by atoms with Gasteiger partial charge in [0.25, 0.3) is 5.69 Å². The number of nitro benzene ring substituents is 1. The summed E-state index contributed by atoms with van der Waals surface area (Å²) >= 11 is 5.94. The van der Waals surface area contributed by atoms with Crippen molar-refractivity contribution in [3.8, 4) is 0 Å². The minimum atomic E-state index is -0.417. The number of pyridine rings is 1. The number of non-ortho nitro benzene ring substituents is 1. The van der Waals surface area contributed by atoms with Gasteiger partial charge in [-0.1, -0.05) is 48.0 Å². The van der Waals surface area contributed by atoms with Gasteiger partial charge in [0, 0.05) is 16.5 Å². The standard InChI is InChI=1S/C17H11ClN2O2/c18-14-5-1-3-12(11-14)7-9-15-10-8-13-4-2-6-16(20(21)22)17(13)19-15/h1-11H/b9-7+. The van der Waals surface area contributed by atoms with Crippen molar-refractivity contribution in [2.75, 3.05) is 0 Å². The monoisotopic (exact) mass is 310 g/mol. The van der Waals surface area contributed by atoms with E-state index in [2.05, 4.69) is 4.98 Å². The van der Waals surface area contributed by atoms with Gasteiger partial charge in [0.05, 0.1) is 10.6 Å². The van der Waals surface area contributed by atoms with E-state index in [9.17, 15) is 10.1 Å². The number of rotatable bonds is 3. The maximum atomic E-state index is 11.1. The van der Waals surface area contributed by atoms with Gasteiger partial charge in [0.2, 0.25) is 0 Å². The lowest BCUT2D eigenvalue weighted by Gasteiger charge is -2.00. The van der Waals surface area contributed by atoms with Gasteiger partial charge >= 0.3 is 0 Å². The molecule has 0 amide bonds. The van der Waals surface area contributed by atoms with E-state index in [0.717, 1.165) is 10.9 Å². The van der Waals surface area contributed by atoms with Gasteiger partial charge in [-0.05, 0) is 29.8 Å². The maximum absolute atomic E-state index is 11.1. The van der Waals surface area contributed by atoms with Gasteiger partial charge in [-0.3, -0.25) is 10.1 Å². The van der Waals surface area contributed by atoms with Crippen LogP contribution in [0.2, 0.25) is 5.02 Å².